The largest absolute Gasteiger partial charge is 0.481 e. The number of carbonyl (C=O) groups is 2. The van der Waals surface area contributed by atoms with Crippen molar-refractivity contribution in [3.63, 3.8) is 0 Å². The molecule has 1 aromatic heterocycles. The molecule has 0 aliphatic carbocycles. The lowest BCUT2D eigenvalue weighted by Crippen LogP contribution is -2.24. The van der Waals surface area contributed by atoms with E-state index >= 15 is 0 Å². The Labute approximate surface area is 172 Å². The van der Waals surface area contributed by atoms with Crippen molar-refractivity contribution in [2.45, 2.75) is 25.7 Å². The van der Waals surface area contributed by atoms with Gasteiger partial charge in [-0.2, -0.15) is 0 Å². The van der Waals surface area contributed by atoms with Gasteiger partial charge in [0.25, 0.3) is 5.56 Å². The highest BCUT2D eigenvalue weighted by molar-refractivity contribution is 5.92. The predicted octanol–water partition coefficient (Wildman–Crippen LogP) is 3.21. The van der Waals surface area contributed by atoms with Gasteiger partial charge < -0.3 is 10.4 Å². The zero-order valence-electron chi connectivity index (χ0n) is 16.6. The molecular formula is C22H22FN3O4. The Morgan fingerprint density at radius 2 is 1.80 bits per heavy atom. The second-order valence-electron chi connectivity index (χ2n) is 7.04. The maximum atomic E-state index is 13.6. The lowest BCUT2D eigenvalue weighted by molar-refractivity contribution is -0.137. The normalized spacial score (nSPS) is 11.8. The van der Waals surface area contributed by atoms with Gasteiger partial charge >= 0.3 is 5.97 Å². The maximum Gasteiger partial charge on any atom is 0.303 e. The third kappa shape index (κ3) is 4.48. The summed E-state index contributed by atoms with van der Waals surface area (Å²) in [5.41, 5.74) is 1.35. The summed E-state index contributed by atoms with van der Waals surface area (Å²) in [6, 6.07) is 14.5. The molecule has 1 atom stereocenters. The number of rotatable bonds is 7. The third-order valence-electron chi connectivity index (χ3n) is 4.99. The molecule has 0 aliphatic rings. The second kappa shape index (κ2) is 8.77. The monoisotopic (exact) mass is 411 g/mol. The van der Waals surface area contributed by atoms with Crippen molar-refractivity contribution in [1.82, 2.24) is 9.36 Å². The SMILES string of the molecule is Cc1c(NC(=O)CC(CC(=O)O)c2cccc(F)c2)c(=O)n(-c2ccccc2)n1C. The van der Waals surface area contributed by atoms with Crippen LogP contribution in [0.25, 0.3) is 5.69 Å². The number of aromatic nitrogens is 2. The van der Waals surface area contributed by atoms with Gasteiger partial charge in [0.1, 0.15) is 11.5 Å². The van der Waals surface area contributed by atoms with Crippen LogP contribution in [0.5, 0.6) is 0 Å². The van der Waals surface area contributed by atoms with Crippen LogP contribution in [0.15, 0.2) is 59.4 Å². The Balaban J connectivity index is 1.86. The van der Waals surface area contributed by atoms with Crippen molar-refractivity contribution in [3.8, 4) is 5.69 Å². The Morgan fingerprint density at radius 3 is 2.43 bits per heavy atom. The number of carbonyl (C=O) groups excluding carboxylic acids is 1. The lowest BCUT2D eigenvalue weighted by atomic mass is 9.92. The van der Waals surface area contributed by atoms with E-state index in [1.807, 2.05) is 6.07 Å². The van der Waals surface area contributed by atoms with E-state index in [1.54, 1.807) is 49.0 Å². The predicted molar refractivity (Wildman–Crippen MR) is 110 cm³/mol. The number of halogens is 1. The van der Waals surface area contributed by atoms with E-state index in [0.29, 0.717) is 16.9 Å². The van der Waals surface area contributed by atoms with Crippen molar-refractivity contribution in [1.29, 1.82) is 0 Å². The number of aliphatic carboxylic acids is 1. The van der Waals surface area contributed by atoms with Gasteiger partial charge in [-0.15, -0.1) is 0 Å². The zero-order valence-corrected chi connectivity index (χ0v) is 16.6. The van der Waals surface area contributed by atoms with Gasteiger partial charge in [0.05, 0.1) is 17.8 Å². The molecule has 0 bridgehead atoms. The number of carboxylic acid groups (broad SMARTS) is 1. The topological polar surface area (TPSA) is 93.3 Å². The van der Waals surface area contributed by atoms with Crippen LogP contribution in [0.1, 0.15) is 30.0 Å². The summed E-state index contributed by atoms with van der Waals surface area (Å²) in [6.07, 6.45) is -0.534. The fourth-order valence-electron chi connectivity index (χ4n) is 3.41. The fourth-order valence-corrected chi connectivity index (χ4v) is 3.41. The van der Waals surface area contributed by atoms with Crippen LogP contribution in [0.3, 0.4) is 0 Å². The van der Waals surface area contributed by atoms with E-state index in [-0.39, 0.29) is 18.5 Å². The van der Waals surface area contributed by atoms with Crippen LogP contribution >= 0.6 is 0 Å². The number of hydrogen-bond acceptors (Lipinski definition) is 3. The first-order chi connectivity index (χ1) is 14.3. The lowest BCUT2D eigenvalue weighted by Gasteiger charge is -2.15. The van der Waals surface area contributed by atoms with E-state index in [0.717, 1.165) is 0 Å². The van der Waals surface area contributed by atoms with Crippen LogP contribution < -0.4 is 10.9 Å². The Kier molecular flexibility index (Phi) is 6.15. The Hall–Kier alpha value is -3.68. The second-order valence-corrected chi connectivity index (χ2v) is 7.04. The van der Waals surface area contributed by atoms with Crippen molar-refractivity contribution < 1.29 is 19.1 Å². The zero-order chi connectivity index (χ0) is 21.8. The summed E-state index contributed by atoms with van der Waals surface area (Å²) >= 11 is 0. The molecule has 0 fully saturated rings. The minimum atomic E-state index is -1.10. The van der Waals surface area contributed by atoms with Crippen molar-refractivity contribution in [3.05, 3.63) is 82.0 Å². The van der Waals surface area contributed by atoms with Crippen LogP contribution in [0.2, 0.25) is 0 Å². The van der Waals surface area contributed by atoms with Gasteiger partial charge in [-0.1, -0.05) is 30.3 Å². The number of nitrogens with one attached hydrogen (secondary N) is 1. The van der Waals surface area contributed by atoms with Gasteiger partial charge in [0.2, 0.25) is 5.91 Å². The minimum absolute atomic E-state index is 0.125. The van der Waals surface area contributed by atoms with Crippen LogP contribution in [0, 0.1) is 12.7 Å². The van der Waals surface area contributed by atoms with Gasteiger partial charge in [0.15, 0.2) is 0 Å². The van der Waals surface area contributed by atoms with E-state index in [2.05, 4.69) is 5.32 Å². The van der Waals surface area contributed by atoms with Gasteiger partial charge in [0, 0.05) is 19.4 Å². The summed E-state index contributed by atoms with van der Waals surface area (Å²) in [4.78, 5) is 36.8. The summed E-state index contributed by atoms with van der Waals surface area (Å²) in [5, 5.41) is 11.8. The quantitative estimate of drug-likeness (QED) is 0.624. The summed E-state index contributed by atoms with van der Waals surface area (Å²) in [6.45, 7) is 1.71. The minimum Gasteiger partial charge on any atom is -0.481 e. The molecular weight excluding hydrogens is 389 g/mol. The van der Waals surface area contributed by atoms with E-state index < -0.39 is 29.2 Å². The summed E-state index contributed by atoms with van der Waals surface area (Å²) < 4.78 is 16.6. The van der Waals surface area contributed by atoms with Gasteiger partial charge in [-0.3, -0.25) is 19.1 Å². The number of anilines is 1. The average molecular weight is 411 g/mol. The van der Waals surface area contributed by atoms with E-state index in [4.69, 9.17) is 0 Å². The standard InChI is InChI=1S/C22H22FN3O4/c1-14-21(22(30)26(25(14)2)18-9-4-3-5-10-18)24-19(27)12-16(13-20(28)29)15-7-6-8-17(23)11-15/h3-11,16H,12-13H2,1-2H3,(H,24,27)(H,28,29). The molecule has 2 N–H and O–H groups in total. The molecule has 3 aromatic rings. The first kappa shape index (κ1) is 21.0. The molecule has 8 heteroatoms. The average Bonchev–Trinajstić information content (AvgIpc) is 2.91. The molecule has 1 amide bonds. The number of carboxylic acids is 1. The number of amides is 1. The molecule has 30 heavy (non-hydrogen) atoms. The Morgan fingerprint density at radius 1 is 1.10 bits per heavy atom. The molecule has 3 rings (SSSR count). The molecule has 0 spiro atoms. The molecule has 0 saturated carbocycles. The highest BCUT2D eigenvalue weighted by atomic mass is 19.1. The number of hydrogen-bond donors (Lipinski definition) is 2. The van der Waals surface area contributed by atoms with E-state index in [1.165, 1.54) is 22.9 Å². The van der Waals surface area contributed by atoms with Gasteiger partial charge in [-0.25, -0.2) is 9.07 Å². The molecule has 1 unspecified atom stereocenters. The molecule has 0 radical (unpaired) electrons. The highest BCUT2D eigenvalue weighted by Crippen LogP contribution is 2.25. The number of para-hydroxylation sites is 1. The fraction of sp³-hybridized carbons (Fsp3) is 0.227. The number of benzene rings is 2. The maximum absolute atomic E-state index is 13.6. The molecule has 156 valence electrons. The smallest absolute Gasteiger partial charge is 0.303 e. The first-order valence-electron chi connectivity index (χ1n) is 9.39. The summed E-state index contributed by atoms with van der Waals surface area (Å²) in [5.74, 6) is -2.84. The van der Waals surface area contributed by atoms with Crippen LogP contribution in [0.4, 0.5) is 10.1 Å². The van der Waals surface area contributed by atoms with Gasteiger partial charge in [-0.05, 0) is 36.8 Å². The van der Waals surface area contributed by atoms with E-state index in [9.17, 15) is 23.9 Å². The first-order valence-corrected chi connectivity index (χ1v) is 9.39. The van der Waals surface area contributed by atoms with Crippen molar-refractivity contribution in [2.24, 2.45) is 7.05 Å². The van der Waals surface area contributed by atoms with Crippen LogP contribution in [-0.4, -0.2) is 26.3 Å². The van der Waals surface area contributed by atoms with Crippen LogP contribution in [-0.2, 0) is 16.6 Å². The highest BCUT2D eigenvalue weighted by Gasteiger charge is 2.23. The number of nitrogens with zero attached hydrogens (tertiary/aromatic N) is 2. The van der Waals surface area contributed by atoms with Crippen molar-refractivity contribution >= 4 is 17.6 Å². The molecule has 7 nitrogen and oxygen atoms in total. The molecule has 0 aliphatic heterocycles. The summed E-state index contributed by atoms with van der Waals surface area (Å²) in [7, 11) is 1.71. The third-order valence-corrected chi connectivity index (χ3v) is 4.99. The molecule has 0 saturated heterocycles. The molecule has 2 aromatic carbocycles. The molecule has 1 heterocycles. The Bertz CT molecular complexity index is 1140. The van der Waals surface area contributed by atoms with Crippen molar-refractivity contribution in [2.75, 3.05) is 5.32 Å².